The summed E-state index contributed by atoms with van der Waals surface area (Å²) in [6.07, 6.45) is 5.06. The number of pyridine rings is 1. The maximum atomic E-state index is 11.5. The fraction of sp³-hybridized carbons (Fsp3) is 0.500. The van der Waals surface area contributed by atoms with E-state index in [-0.39, 0.29) is 11.9 Å². The van der Waals surface area contributed by atoms with Crippen LogP contribution in [0, 0.1) is 0 Å². The van der Waals surface area contributed by atoms with Crippen LogP contribution in [-0.2, 0) is 4.79 Å². The number of amides is 1. The standard InChI is InChI=1S/C12H17N3O/c1-9(16)15-7-3-2-4-11(15)10-5-6-12(13)14-8-10/h5-6,8,11H,2-4,7H2,1H3,(H2,13,14). The molecule has 1 unspecified atom stereocenters. The highest BCUT2D eigenvalue weighted by Gasteiger charge is 2.25. The van der Waals surface area contributed by atoms with Gasteiger partial charge in [0.15, 0.2) is 0 Å². The molecule has 1 aliphatic heterocycles. The molecule has 0 radical (unpaired) electrons. The van der Waals surface area contributed by atoms with E-state index in [4.69, 9.17) is 5.73 Å². The lowest BCUT2D eigenvalue weighted by Gasteiger charge is -2.35. The van der Waals surface area contributed by atoms with E-state index in [0.29, 0.717) is 5.82 Å². The Kier molecular flexibility index (Phi) is 3.08. The first kappa shape index (κ1) is 10.9. The monoisotopic (exact) mass is 219 g/mol. The Morgan fingerprint density at radius 1 is 1.50 bits per heavy atom. The molecule has 0 saturated carbocycles. The van der Waals surface area contributed by atoms with Crippen LogP contribution in [0.25, 0.3) is 0 Å². The van der Waals surface area contributed by atoms with Crippen LogP contribution in [0.5, 0.6) is 0 Å². The van der Waals surface area contributed by atoms with Crippen LogP contribution in [-0.4, -0.2) is 22.3 Å². The number of likely N-dealkylation sites (tertiary alicyclic amines) is 1. The van der Waals surface area contributed by atoms with E-state index in [2.05, 4.69) is 4.98 Å². The average Bonchev–Trinajstić information content (AvgIpc) is 2.30. The lowest BCUT2D eigenvalue weighted by atomic mass is 9.96. The first-order chi connectivity index (χ1) is 7.68. The molecule has 1 atom stereocenters. The van der Waals surface area contributed by atoms with Crippen LogP contribution < -0.4 is 5.73 Å². The van der Waals surface area contributed by atoms with Crippen molar-refractivity contribution in [3.63, 3.8) is 0 Å². The molecule has 2 heterocycles. The molecule has 0 aromatic carbocycles. The molecule has 0 bridgehead atoms. The predicted octanol–water partition coefficient (Wildman–Crippen LogP) is 1.74. The van der Waals surface area contributed by atoms with E-state index in [0.717, 1.165) is 24.9 Å². The molecule has 0 spiro atoms. The molecule has 2 rings (SSSR count). The molecule has 1 amide bonds. The number of nitrogen functional groups attached to an aromatic ring is 1. The van der Waals surface area contributed by atoms with Gasteiger partial charge in [0, 0.05) is 19.7 Å². The van der Waals surface area contributed by atoms with Crippen molar-refractivity contribution in [2.45, 2.75) is 32.2 Å². The van der Waals surface area contributed by atoms with Crippen molar-refractivity contribution in [3.05, 3.63) is 23.9 Å². The van der Waals surface area contributed by atoms with Crippen LogP contribution >= 0.6 is 0 Å². The Morgan fingerprint density at radius 3 is 2.94 bits per heavy atom. The number of piperidine rings is 1. The number of nitrogens with two attached hydrogens (primary N) is 1. The second-order valence-electron chi connectivity index (χ2n) is 4.24. The summed E-state index contributed by atoms with van der Waals surface area (Å²) in [4.78, 5) is 17.5. The van der Waals surface area contributed by atoms with Crippen molar-refractivity contribution in [2.24, 2.45) is 0 Å². The number of rotatable bonds is 1. The smallest absolute Gasteiger partial charge is 0.219 e. The molecule has 1 aromatic heterocycles. The zero-order chi connectivity index (χ0) is 11.5. The number of hydrogen-bond donors (Lipinski definition) is 1. The number of aromatic nitrogens is 1. The third-order valence-corrected chi connectivity index (χ3v) is 3.10. The number of anilines is 1. The van der Waals surface area contributed by atoms with Gasteiger partial charge in [-0.15, -0.1) is 0 Å². The summed E-state index contributed by atoms with van der Waals surface area (Å²) in [7, 11) is 0. The summed E-state index contributed by atoms with van der Waals surface area (Å²) in [5, 5.41) is 0. The van der Waals surface area contributed by atoms with Crippen molar-refractivity contribution in [1.82, 2.24) is 9.88 Å². The minimum atomic E-state index is 0.140. The highest BCUT2D eigenvalue weighted by Crippen LogP contribution is 2.30. The van der Waals surface area contributed by atoms with Gasteiger partial charge in [-0.1, -0.05) is 6.07 Å². The summed E-state index contributed by atoms with van der Waals surface area (Å²) in [6.45, 7) is 2.48. The molecule has 16 heavy (non-hydrogen) atoms. The Hall–Kier alpha value is -1.58. The van der Waals surface area contributed by atoms with E-state index < -0.39 is 0 Å². The highest BCUT2D eigenvalue weighted by molar-refractivity contribution is 5.74. The number of carbonyl (C=O) groups excluding carboxylic acids is 1. The topological polar surface area (TPSA) is 59.2 Å². The zero-order valence-electron chi connectivity index (χ0n) is 9.52. The molecule has 1 aliphatic rings. The zero-order valence-corrected chi connectivity index (χ0v) is 9.52. The maximum absolute atomic E-state index is 11.5. The third kappa shape index (κ3) is 2.15. The lowest BCUT2D eigenvalue weighted by molar-refractivity contribution is -0.132. The van der Waals surface area contributed by atoms with Gasteiger partial charge in [-0.25, -0.2) is 4.98 Å². The van der Waals surface area contributed by atoms with E-state index in [9.17, 15) is 4.79 Å². The molecule has 4 nitrogen and oxygen atoms in total. The number of nitrogens with zero attached hydrogens (tertiary/aromatic N) is 2. The van der Waals surface area contributed by atoms with Crippen molar-refractivity contribution in [3.8, 4) is 0 Å². The molecule has 86 valence electrons. The summed E-state index contributed by atoms with van der Waals surface area (Å²) in [5.74, 6) is 0.662. The summed E-state index contributed by atoms with van der Waals surface area (Å²) < 4.78 is 0. The highest BCUT2D eigenvalue weighted by atomic mass is 16.2. The van der Waals surface area contributed by atoms with E-state index in [1.165, 1.54) is 6.42 Å². The van der Waals surface area contributed by atoms with Gasteiger partial charge >= 0.3 is 0 Å². The van der Waals surface area contributed by atoms with Crippen molar-refractivity contribution in [2.75, 3.05) is 12.3 Å². The molecular weight excluding hydrogens is 202 g/mol. The number of carbonyl (C=O) groups is 1. The molecule has 1 saturated heterocycles. The minimum absolute atomic E-state index is 0.140. The average molecular weight is 219 g/mol. The van der Waals surface area contributed by atoms with Crippen LogP contribution in [0.2, 0.25) is 0 Å². The fourth-order valence-electron chi connectivity index (χ4n) is 2.27. The van der Waals surface area contributed by atoms with Gasteiger partial charge in [-0.2, -0.15) is 0 Å². The molecule has 0 aliphatic carbocycles. The maximum Gasteiger partial charge on any atom is 0.219 e. The summed E-state index contributed by atoms with van der Waals surface area (Å²) >= 11 is 0. The van der Waals surface area contributed by atoms with Crippen molar-refractivity contribution in [1.29, 1.82) is 0 Å². The predicted molar refractivity (Wildman–Crippen MR) is 62.6 cm³/mol. The van der Waals surface area contributed by atoms with Crippen LogP contribution in [0.1, 0.15) is 37.8 Å². The van der Waals surface area contributed by atoms with Gasteiger partial charge in [0.1, 0.15) is 5.82 Å². The molecule has 1 fully saturated rings. The van der Waals surface area contributed by atoms with Crippen molar-refractivity contribution >= 4 is 11.7 Å². The summed E-state index contributed by atoms with van der Waals surface area (Å²) in [5.41, 5.74) is 6.65. The first-order valence-electron chi connectivity index (χ1n) is 5.67. The largest absolute Gasteiger partial charge is 0.384 e. The van der Waals surface area contributed by atoms with Gasteiger partial charge in [0.05, 0.1) is 6.04 Å². The van der Waals surface area contributed by atoms with Crippen molar-refractivity contribution < 1.29 is 4.79 Å². The van der Waals surface area contributed by atoms with Crippen LogP contribution in [0.3, 0.4) is 0 Å². The van der Waals surface area contributed by atoms with Gasteiger partial charge in [0.25, 0.3) is 0 Å². The number of hydrogen-bond acceptors (Lipinski definition) is 3. The quantitative estimate of drug-likeness (QED) is 0.782. The SMILES string of the molecule is CC(=O)N1CCCCC1c1ccc(N)nc1. The van der Waals surface area contributed by atoms with Gasteiger partial charge < -0.3 is 10.6 Å². The van der Waals surface area contributed by atoms with Crippen LogP contribution in [0.15, 0.2) is 18.3 Å². The second-order valence-corrected chi connectivity index (χ2v) is 4.24. The Balaban J connectivity index is 2.23. The van der Waals surface area contributed by atoms with Crippen LogP contribution in [0.4, 0.5) is 5.82 Å². The molecule has 1 aromatic rings. The first-order valence-corrected chi connectivity index (χ1v) is 5.67. The van der Waals surface area contributed by atoms with E-state index >= 15 is 0 Å². The molecule has 4 heteroatoms. The second kappa shape index (κ2) is 4.51. The van der Waals surface area contributed by atoms with E-state index in [1.54, 1.807) is 19.2 Å². The summed E-state index contributed by atoms with van der Waals surface area (Å²) in [6, 6.07) is 3.94. The Morgan fingerprint density at radius 2 is 2.31 bits per heavy atom. The van der Waals surface area contributed by atoms with Gasteiger partial charge in [-0.05, 0) is 30.9 Å². The normalized spacial score (nSPS) is 20.8. The van der Waals surface area contributed by atoms with Gasteiger partial charge in [-0.3, -0.25) is 4.79 Å². The third-order valence-electron chi connectivity index (χ3n) is 3.10. The fourth-order valence-corrected chi connectivity index (χ4v) is 2.27. The minimum Gasteiger partial charge on any atom is -0.384 e. The lowest BCUT2D eigenvalue weighted by Crippen LogP contribution is -2.36. The van der Waals surface area contributed by atoms with Gasteiger partial charge in [0.2, 0.25) is 5.91 Å². The molecule has 2 N–H and O–H groups in total. The molecular formula is C12H17N3O. The Bertz CT molecular complexity index is 374. The van der Waals surface area contributed by atoms with E-state index in [1.807, 2.05) is 11.0 Å². The Labute approximate surface area is 95.5 Å².